The fourth-order valence-electron chi connectivity index (χ4n) is 1.88. The molecule has 4 nitrogen and oxygen atoms in total. The Morgan fingerprint density at radius 1 is 1.26 bits per heavy atom. The van der Waals surface area contributed by atoms with Crippen molar-refractivity contribution >= 4 is 17.3 Å². The topological polar surface area (TPSA) is 65.4 Å². The molecule has 19 heavy (non-hydrogen) atoms. The van der Waals surface area contributed by atoms with Crippen LogP contribution in [0.1, 0.15) is 24.1 Å². The standard InChI is InChI=1S/C14H15ClN2O2/c1-8-5-6-16-14(15)13(8)17-9(2)11-7-10(18)3-4-12(11)19/h3-7,9,17-19H,1-2H3. The van der Waals surface area contributed by atoms with Crippen molar-refractivity contribution in [1.82, 2.24) is 4.98 Å². The molecule has 0 spiro atoms. The number of benzene rings is 1. The third-order valence-electron chi connectivity index (χ3n) is 2.95. The number of pyridine rings is 1. The summed E-state index contributed by atoms with van der Waals surface area (Å²) in [5.41, 5.74) is 2.28. The van der Waals surface area contributed by atoms with E-state index in [0.717, 1.165) is 11.3 Å². The molecular formula is C14H15ClN2O2. The van der Waals surface area contributed by atoms with Crippen molar-refractivity contribution in [2.75, 3.05) is 5.32 Å². The van der Waals surface area contributed by atoms with E-state index < -0.39 is 0 Å². The molecule has 1 aromatic carbocycles. The number of rotatable bonds is 3. The zero-order chi connectivity index (χ0) is 14.0. The minimum absolute atomic E-state index is 0.107. The van der Waals surface area contributed by atoms with E-state index >= 15 is 0 Å². The van der Waals surface area contributed by atoms with Crippen molar-refractivity contribution in [3.05, 3.63) is 46.7 Å². The fraction of sp³-hybridized carbons (Fsp3) is 0.214. The first-order valence-electron chi connectivity index (χ1n) is 5.88. The summed E-state index contributed by atoms with van der Waals surface area (Å²) in [6.07, 6.45) is 1.64. The first kappa shape index (κ1) is 13.5. The first-order valence-corrected chi connectivity index (χ1v) is 6.26. The molecule has 1 heterocycles. The van der Waals surface area contributed by atoms with Gasteiger partial charge in [0.05, 0.1) is 11.7 Å². The van der Waals surface area contributed by atoms with Crippen molar-refractivity contribution in [2.45, 2.75) is 19.9 Å². The van der Waals surface area contributed by atoms with Crippen molar-refractivity contribution in [3.63, 3.8) is 0 Å². The number of anilines is 1. The normalized spacial score (nSPS) is 12.2. The van der Waals surface area contributed by atoms with E-state index in [0.29, 0.717) is 10.7 Å². The number of hydrogen-bond donors (Lipinski definition) is 3. The highest BCUT2D eigenvalue weighted by Gasteiger charge is 2.14. The number of nitrogens with one attached hydrogen (secondary N) is 1. The predicted molar refractivity (Wildman–Crippen MR) is 75.8 cm³/mol. The third-order valence-corrected chi connectivity index (χ3v) is 3.24. The highest BCUT2D eigenvalue weighted by atomic mass is 35.5. The highest BCUT2D eigenvalue weighted by molar-refractivity contribution is 6.32. The molecule has 100 valence electrons. The molecule has 3 N–H and O–H groups in total. The van der Waals surface area contributed by atoms with Crippen molar-refractivity contribution < 1.29 is 10.2 Å². The summed E-state index contributed by atoms with van der Waals surface area (Å²) < 4.78 is 0. The van der Waals surface area contributed by atoms with Crippen LogP contribution in [-0.4, -0.2) is 15.2 Å². The van der Waals surface area contributed by atoms with Gasteiger partial charge in [-0.1, -0.05) is 11.6 Å². The lowest BCUT2D eigenvalue weighted by atomic mass is 10.1. The van der Waals surface area contributed by atoms with Gasteiger partial charge in [0.2, 0.25) is 0 Å². The maximum atomic E-state index is 9.82. The SMILES string of the molecule is Cc1ccnc(Cl)c1NC(C)c1cc(O)ccc1O. The molecule has 0 aliphatic carbocycles. The molecule has 1 atom stereocenters. The molecule has 2 aromatic rings. The zero-order valence-electron chi connectivity index (χ0n) is 10.7. The lowest BCUT2D eigenvalue weighted by Gasteiger charge is -2.19. The van der Waals surface area contributed by atoms with Crippen LogP contribution in [0.25, 0.3) is 0 Å². The van der Waals surface area contributed by atoms with Crippen molar-refractivity contribution in [3.8, 4) is 11.5 Å². The van der Waals surface area contributed by atoms with Crippen LogP contribution in [0.15, 0.2) is 30.5 Å². The van der Waals surface area contributed by atoms with Crippen molar-refractivity contribution in [2.24, 2.45) is 0 Å². The molecule has 0 fully saturated rings. The number of phenolic OH excluding ortho intramolecular Hbond substituents is 2. The predicted octanol–water partition coefficient (Wildman–Crippen LogP) is 3.63. The summed E-state index contributed by atoms with van der Waals surface area (Å²) in [4.78, 5) is 4.02. The molecule has 2 rings (SSSR count). The average molecular weight is 279 g/mol. The Morgan fingerprint density at radius 3 is 2.68 bits per heavy atom. The van der Waals surface area contributed by atoms with Gasteiger partial charge in [-0.3, -0.25) is 0 Å². The number of aromatic hydroxyl groups is 2. The van der Waals surface area contributed by atoms with Crippen LogP contribution in [0, 0.1) is 6.92 Å². The van der Waals surface area contributed by atoms with Gasteiger partial charge in [-0.15, -0.1) is 0 Å². The lowest BCUT2D eigenvalue weighted by molar-refractivity contribution is 0.451. The largest absolute Gasteiger partial charge is 0.508 e. The van der Waals surface area contributed by atoms with Gasteiger partial charge in [0.15, 0.2) is 5.15 Å². The Kier molecular flexibility index (Phi) is 3.81. The second kappa shape index (κ2) is 5.36. The third kappa shape index (κ3) is 2.90. The minimum atomic E-state index is -0.215. The van der Waals surface area contributed by atoms with Crippen LogP contribution in [-0.2, 0) is 0 Å². The highest BCUT2D eigenvalue weighted by Crippen LogP contribution is 2.32. The molecule has 0 bridgehead atoms. The van der Waals surface area contributed by atoms with Gasteiger partial charge >= 0.3 is 0 Å². The number of halogens is 1. The van der Waals surface area contributed by atoms with Crippen molar-refractivity contribution in [1.29, 1.82) is 0 Å². The van der Waals surface area contributed by atoms with Crippen LogP contribution in [0.5, 0.6) is 11.5 Å². The number of phenols is 2. The van der Waals surface area contributed by atoms with E-state index in [2.05, 4.69) is 10.3 Å². The summed E-state index contributed by atoms with van der Waals surface area (Å²) in [6.45, 7) is 3.79. The van der Waals surface area contributed by atoms with E-state index in [-0.39, 0.29) is 17.5 Å². The fourth-order valence-corrected chi connectivity index (χ4v) is 2.14. The molecular weight excluding hydrogens is 264 g/mol. The van der Waals surface area contributed by atoms with E-state index in [1.165, 1.54) is 18.2 Å². The van der Waals surface area contributed by atoms with Gasteiger partial charge in [0.25, 0.3) is 0 Å². The Hall–Kier alpha value is -1.94. The molecule has 0 aliphatic heterocycles. The Morgan fingerprint density at radius 2 is 2.00 bits per heavy atom. The van der Waals surface area contributed by atoms with Crippen LogP contribution in [0.4, 0.5) is 5.69 Å². The van der Waals surface area contributed by atoms with E-state index in [1.807, 2.05) is 19.9 Å². The van der Waals surface area contributed by atoms with Gasteiger partial charge in [0, 0.05) is 11.8 Å². The van der Waals surface area contributed by atoms with Crippen LogP contribution in [0.2, 0.25) is 5.15 Å². The molecule has 1 aromatic heterocycles. The molecule has 0 amide bonds. The molecule has 0 saturated carbocycles. The number of nitrogens with zero attached hydrogens (tertiary/aromatic N) is 1. The first-order chi connectivity index (χ1) is 8.99. The smallest absolute Gasteiger partial charge is 0.152 e. The van der Waals surface area contributed by atoms with Crippen LogP contribution < -0.4 is 5.32 Å². The van der Waals surface area contributed by atoms with Gasteiger partial charge in [-0.05, 0) is 43.7 Å². The quantitative estimate of drug-likeness (QED) is 0.592. The number of hydrogen-bond acceptors (Lipinski definition) is 4. The number of aromatic nitrogens is 1. The maximum absolute atomic E-state index is 9.82. The van der Waals surface area contributed by atoms with Gasteiger partial charge in [0.1, 0.15) is 11.5 Å². The summed E-state index contributed by atoms with van der Waals surface area (Å²) >= 11 is 6.05. The Bertz CT molecular complexity index is 582. The minimum Gasteiger partial charge on any atom is -0.508 e. The maximum Gasteiger partial charge on any atom is 0.152 e. The Balaban J connectivity index is 2.31. The number of aryl methyl sites for hydroxylation is 1. The molecule has 5 heteroatoms. The zero-order valence-corrected chi connectivity index (χ0v) is 11.4. The molecule has 0 radical (unpaired) electrons. The van der Waals surface area contributed by atoms with E-state index in [1.54, 1.807) is 6.20 Å². The second-order valence-electron chi connectivity index (χ2n) is 4.40. The second-order valence-corrected chi connectivity index (χ2v) is 4.76. The molecule has 1 unspecified atom stereocenters. The molecule has 0 saturated heterocycles. The van der Waals surface area contributed by atoms with E-state index in [9.17, 15) is 10.2 Å². The van der Waals surface area contributed by atoms with E-state index in [4.69, 9.17) is 11.6 Å². The van der Waals surface area contributed by atoms with Gasteiger partial charge in [-0.2, -0.15) is 0 Å². The Labute approximate surface area is 116 Å². The van der Waals surface area contributed by atoms with Crippen LogP contribution in [0.3, 0.4) is 0 Å². The summed E-state index contributed by atoms with van der Waals surface area (Å²) in [6, 6.07) is 6.05. The summed E-state index contributed by atoms with van der Waals surface area (Å²) in [7, 11) is 0. The lowest BCUT2D eigenvalue weighted by Crippen LogP contribution is -2.09. The average Bonchev–Trinajstić information content (AvgIpc) is 2.37. The van der Waals surface area contributed by atoms with Gasteiger partial charge in [-0.25, -0.2) is 4.98 Å². The molecule has 0 aliphatic rings. The van der Waals surface area contributed by atoms with Crippen LogP contribution >= 0.6 is 11.6 Å². The summed E-state index contributed by atoms with van der Waals surface area (Å²) in [5, 5.41) is 22.9. The monoisotopic (exact) mass is 278 g/mol. The summed E-state index contributed by atoms with van der Waals surface area (Å²) in [5.74, 6) is 0.228. The van der Waals surface area contributed by atoms with Gasteiger partial charge < -0.3 is 15.5 Å².